The van der Waals surface area contributed by atoms with E-state index in [2.05, 4.69) is 41.9 Å². The van der Waals surface area contributed by atoms with Gasteiger partial charge in [0.2, 0.25) is 0 Å². The third-order valence-electron chi connectivity index (χ3n) is 3.22. The normalized spacial score (nSPS) is 10.7. The minimum atomic E-state index is 0.330. The van der Waals surface area contributed by atoms with Crippen LogP contribution in [0.5, 0.6) is 11.5 Å². The van der Waals surface area contributed by atoms with Crippen LogP contribution in [0.2, 0.25) is 0 Å². The lowest BCUT2D eigenvalue weighted by atomic mass is 10.0. The zero-order valence-corrected chi connectivity index (χ0v) is 14.7. The molecule has 2 N–H and O–H groups in total. The number of nitrogens with two attached hydrogens (primary N) is 1. The molecule has 0 spiro atoms. The SMILES string of the molecule is Cc1ccc(C(C)C)c(Oc2cc(Br)ccc2C(N)=S)c1. The molecule has 2 aromatic rings. The van der Waals surface area contributed by atoms with Crippen LogP contribution in [0, 0.1) is 6.92 Å². The van der Waals surface area contributed by atoms with Crippen LogP contribution in [-0.2, 0) is 0 Å². The summed E-state index contributed by atoms with van der Waals surface area (Å²) in [6, 6.07) is 11.9. The van der Waals surface area contributed by atoms with E-state index in [1.807, 2.05) is 31.2 Å². The molecule has 0 amide bonds. The molecular formula is C17H18BrNOS. The highest BCUT2D eigenvalue weighted by atomic mass is 79.9. The third-order valence-corrected chi connectivity index (χ3v) is 3.93. The smallest absolute Gasteiger partial charge is 0.138 e. The van der Waals surface area contributed by atoms with Gasteiger partial charge in [-0.2, -0.15) is 0 Å². The first kappa shape index (κ1) is 16.0. The molecule has 2 aromatic carbocycles. The molecule has 0 fully saturated rings. The number of aryl methyl sites for hydroxylation is 1. The van der Waals surface area contributed by atoms with Gasteiger partial charge >= 0.3 is 0 Å². The summed E-state index contributed by atoms with van der Waals surface area (Å²) >= 11 is 8.56. The van der Waals surface area contributed by atoms with Crippen LogP contribution in [0.15, 0.2) is 40.9 Å². The largest absolute Gasteiger partial charge is 0.456 e. The second-order valence-corrected chi connectivity index (χ2v) is 6.66. The van der Waals surface area contributed by atoms with Crippen molar-refractivity contribution in [3.8, 4) is 11.5 Å². The van der Waals surface area contributed by atoms with Crippen LogP contribution in [0.1, 0.15) is 36.5 Å². The minimum Gasteiger partial charge on any atom is -0.456 e. The van der Waals surface area contributed by atoms with Crippen LogP contribution in [0.25, 0.3) is 0 Å². The second-order valence-electron chi connectivity index (χ2n) is 5.30. The lowest BCUT2D eigenvalue weighted by Gasteiger charge is -2.16. The molecule has 4 heteroatoms. The molecule has 21 heavy (non-hydrogen) atoms. The highest BCUT2D eigenvalue weighted by Gasteiger charge is 2.13. The molecular weight excluding hydrogens is 346 g/mol. The molecule has 0 radical (unpaired) electrons. The summed E-state index contributed by atoms with van der Waals surface area (Å²) in [5, 5.41) is 0. The van der Waals surface area contributed by atoms with E-state index < -0.39 is 0 Å². The fourth-order valence-electron chi connectivity index (χ4n) is 2.11. The lowest BCUT2D eigenvalue weighted by Crippen LogP contribution is -2.11. The fraction of sp³-hybridized carbons (Fsp3) is 0.235. The maximum Gasteiger partial charge on any atom is 0.138 e. The van der Waals surface area contributed by atoms with E-state index in [-0.39, 0.29) is 0 Å². The summed E-state index contributed by atoms with van der Waals surface area (Å²) in [6.45, 7) is 6.34. The molecule has 0 aromatic heterocycles. The zero-order chi connectivity index (χ0) is 15.6. The predicted octanol–water partition coefficient (Wildman–Crippen LogP) is 5.31. The Morgan fingerprint density at radius 2 is 1.86 bits per heavy atom. The van der Waals surface area contributed by atoms with Crippen molar-refractivity contribution in [3.05, 3.63) is 57.6 Å². The molecule has 2 nitrogen and oxygen atoms in total. The molecule has 0 unspecified atom stereocenters. The number of halogens is 1. The second kappa shape index (κ2) is 6.58. The van der Waals surface area contributed by atoms with Crippen molar-refractivity contribution in [2.45, 2.75) is 26.7 Å². The van der Waals surface area contributed by atoms with E-state index in [9.17, 15) is 0 Å². The Bertz CT molecular complexity index is 682. The van der Waals surface area contributed by atoms with Crippen LogP contribution >= 0.6 is 28.1 Å². The maximum atomic E-state index is 6.13. The van der Waals surface area contributed by atoms with Crippen LogP contribution in [-0.4, -0.2) is 4.99 Å². The quantitative estimate of drug-likeness (QED) is 0.747. The van der Waals surface area contributed by atoms with Crippen molar-refractivity contribution >= 4 is 33.1 Å². The van der Waals surface area contributed by atoms with Gasteiger partial charge in [-0.1, -0.05) is 54.1 Å². The highest BCUT2D eigenvalue weighted by molar-refractivity contribution is 9.10. The number of rotatable bonds is 4. The maximum absolute atomic E-state index is 6.13. The third kappa shape index (κ3) is 3.83. The lowest BCUT2D eigenvalue weighted by molar-refractivity contribution is 0.471. The summed E-state index contributed by atoms with van der Waals surface area (Å²) in [4.78, 5) is 0.330. The molecule has 110 valence electrons. The Morgan fingerprint density at radius 1 is 1.14 bits per heavy atom. The average molecular weight is 364 g/mol. The Hall–Kier alpha value is -1.39. The monoisotopic (exact) mass is 363 g/mol. The predicted molar refractivity (Wildman–Crippen MR) is 95.4 cm³/mol. The average Bonchev–Trinajstić information content (AvgIpc) is 2.38. The number of hydrogen-bond acceptors (Lipinski definition) is 2. The first-order chi connectivity index (χ1) is 9.88. The van der Waals surface area contributed by atoms with Gasteiger partial charge in [0.05, 0.1) is 5.56 Å². The Morgan fingerprint density at radius 3 is 2.48 bits per heavy atom. The van der Waals surface area contributed by atoms with Crippen LogP contribution < -0.4 is 10.5 Å². The van der Waals surface area contributed by atoms with Crippen LogP contribution in [0.3, 0.4) is 0 Å². The van der Waals surface area contributed by atoms with Gasteiger partial charge in [-0.25, -0.2) is 0 Å². The first-order valence-electron chi connectivity index (χ1n) is 6.76. The number of benzene rings is 2. The van der Waals surface area contributed by atoms with Crippen molar-refractivity contribution < 1.29 is 4.74 Å². The molecule has 0 bridgehead atoms. The van der Waals surface area contributed by atoms with Gasteiger partial charge in [-0.05, 0) is 48.2 Å². The summed E-state index contributed by atoms with van der Waals surface area (Å²) in [5.41, 5.74) is 8.84. The molecule has 0 aliphatic rings. The van der Waals surface area contributed by atoms with E-state index in [1.54, 1.807) is 0 Å². The van der Waals surface area contributed by atoms with E-state index in [0.29, 0.717) is 16.7 Å². The number of thiocarbonyl (C=S) groups is 1. The molecule has 0 saturated heterocycles. The van der Waals surface area contributed by atoms with Crippen molar-refractivity contribution in [2.75, 3.05) is 0 Å². The number of ether oxygens (including phenoxy) is 1. The molecule has 0 atom stereocenters. The summed E-state index contributed by atoms with van der Waals surface area (Å²) in [5.74, 6) is 1.89. The summed E-state index contributed by atoms with van der Waals surface area (Å²) in [6.07, 6.45) is 0. The van der Waals surface area contributed by atoms with E-state index in [0.717, 1.165) is 26.9 Å². The van der Waals surface area contributed by atoms with E-state index >= 15 is 0 Å². The van der Waals surface area contributed by atoms with Crippen molar-refractivity contribution in [3.63, 3.8) is 0 Å². The summed E-state index contributed by atoms with van der Waals surface area (Å²) < 4.78 is 7.05. The molecule has 0 heterocycles. The fourth-order valence-corrected chi connectivity index (χ4v) is 2.62. The standard InChI is InChI=1S/C17H18BrNOS/c1-10(2)13-6-4-11(3)8-15(13)20-16-9-12(18)5-7-14(16)17(19)21/h4-10H,1-3H3,(H2,19,21). The zero-order valence-electron chi connectivity index (χ0n) is 12.3. The van der Waals surface area contributed by atoms with Crippen molar-refractivity contribution in [2.24, 2.45) is 5.73 Å². The Labute approximate surface area is 139 Å². The molecule has 0 aliphatic carbocycles. The van der Waals surface area contributed by atoms with Gasteiger partial charge < -0.3 is 10.5 Å². The van der Waals surface area contributed by atoms with E-state index in [1.165, 1.54) is 0 Å². The van der Waals surface area contributed by atoms with Crippen molar-refractivity contribution in [1.82, 2.24) is 0 Å². The topological polar surface area (TPSA) is 35.2 Å². The summed E-state index contributed by atoms with van der Waals surface area (Å²) in [7, 11) is 0. The number of hydrogen-bond donors (Lipinski definition) is 1. The molecule has 0 saturated carbocycles. The van der Waals surface area contributed by atoms with Gasteiger partial charge in [0.25, 0.3) is 0 Å². The molecule has 2 rings (SSSR count). The van der Waals surface area contributed by atoms with Crippen LogP contribution in [0.4, 0.5) is 0 Å². The first-order valence-corrected chi connectivity index (χ1v) is 7.96. The Balaban J connectivity index is 2.49. The minimum absolute atomic E-state index is 0.330. The van der Waals surface area contributed by atoms with Gasteiger partial charge in [0.1, 0.15) is 16.5 Å². The van der Waals surface area contributed by atoms with Gasteiger partial charge in [-0.3, -0.25) is 0 Å². The van der Waals surface area contributed by atoms with Gasteiger partial charge in [0, 0.05) is 4.47 Å². The van der Waals surface area contributed by atoms with E-state index in [4.69, 9.17) is 22.7 Å². The molecule has 0 aliphatic heterocycles. The van der Waals surface area contributed by atoms with Crippen molar-refractivity contribution in [1.29, 1.82) is 0 Å². The highest BCUT2D eigenvalue weighted by Crippen LogP contribution is 2.34. The van der Waals surface area contributed by atoms with Gasteiger partial charge in [-0.15, -0.1) is 0 Å². The Kier molecular flexibility index (Phi) is 5.01. The van der Waals surface area contributed by atoms with Gasteiger partial charge in [0.15, 0.2) is 0 Å².